The standard InChI is InChI=1S/C14H28O3Si/c1-7-12(15)10-8-9-11-13(16)17-18(5,6)14(2,3)4/h8-9,12,15H,7,10-11H2,1-6H3/b9-8-/t12-/m1/s1. The number of hydrogen-bond acceptors (Lipinski definition) is 3. The lowest BCUT2D eigenvalue weighted by Crippen LogP contribution is -2.42. The highest BCUT2D eigenvalue weighted by Gasteiger charge is 2.40. The van der Waals surface area contributed by atoms with Gasteiger partial charge in [0.15, 0.2) is 0 Å². The van der Waals surface area contributed by atoms with Crippen molar-refractivity contribution in [3.63, 3.8) is 0 Å². The monoisotopic (exact) mass is 272 g/mol. The molecule has 1 N–H and O–H groups in total. The van der Waals surface area contributed by atoms with Gasteiger partial charge < -0.3 is 9.53 Å². The minimum absolute atomic E-state index is 0.0464. The first-order chi connectivity index (χ1) is 8.10. The largest absolute Gasteiger partial charge is 0.519 e. The Hall–Kier alpha value is -0.613. The molecule has 0 saturated carbocycles. The van der Waals surface area contributed by atoms with Gasteiger partial charge in [-0.25, -0.2) is 0 Å². The molecule has 106 valence electrons. The van der Waals surface area contributed by atoms with Crippen LogP contribution < -0.4 is 0 Å². The van der Waals surface area contributed by atoms with Gasteiger partial charge in [0.25, 0.3) is 14.3 Å². The summed E-state index contributed by atoms with van der Waals surface area (Å²) in [4.78, 5) is 11.7. The Morgan fingerprint density at radius 3 is 2.33 bits per heavy atom. The quantitative estimate of drug-likeness (QED) is 0.593. The van der Waals surface area contributed by atoms with E-state index in [1.54, 1.807) is 6.08 Å². The average molecular weight is 272 g/mol. The molecule has 0 heterocycles. The SMILES string of the molecule is CC[C@@H](O)C/C=C\CC(=O)O[Si](C)(C)C(C)(C)C. The molecule has 0 fully saturated rings. The van der Waals surface area contributed by atoms with Crippen molar-refractivity contribution in [1.82, 2.24) is 0 Å². The van der Waals surface area contributed by atoms with Gasteiger partial charge in [0.05, 0.1) is 12.5 Å². The van der Waals surface area contributed by atoms with E-state index in [9.17, 15) is 9.90 Å². The molecular weight excluding hydrogens is 244 g/mol. The molecule has 0 aliphatic rings. The highest BCUT2D eigenvalue weighted by molar-refractivity contribution is 6.75. The minimum Gasteiger partial charge on any atom is -0.519 e. The number of hydrogen-bond donors (Lipinski definition) is 1. The third-order valence-corrected chi connectivity index (χ3v) is 7.86. The van der Waals surface area contributed by atoms with Crippen LogP contribution in [0.1, 0.15) is 47.0 Å². The fraction of sp³-hybridized carbons (Fsp3) is 0.786. The summed E-state index contributed by atoms with van der Waals surface area (Å²) in [6.07, 6.45) is 4.96. The topological polar surface area (TPSA) is 46.5 Å². The first-order valence-electron chi connectivity index (χ1n) is 6.65. The van der Waals surface area contributed by atoms with Crippen LogP contribution in [0.4, 0.5) is 0 Å². The second kappa shape index (κ2) is 7.09. The molecule has 0 rings (SSSR count). The van der Waals surface area contributed by atoms with E-state index in [0.717, 1.165) is 6.42 Å². The van der Waals surface area contributed by atoms with Gasteiger partial charge in [-0.3, -0.25) is 4.79 Å². The molecule has 0 aromatic heterocycles. The van der Waals surface area contributed by atoms with Crippen LogP contribution in [0.5, 0.6) is 0 Å². The van der Waals surface area contributed by atoms with Gasteiger partial charge in [0, 0.05) is 0 Å². The smallest absolute Gasteiger partial charge is 0.296 e. The van der Waals surface area contributed by atoms with Gasteiger partial charge in [-0.2, -0.15) is 0 Å². The summed E-state index contributed by atoms with van der Waals surface area (Å²) < 4.78 is 5.62. The Morgan fingerprint density at radius 1 is 1.33 bits per heavy atom. The molecule has 0 radical (unpaired) electrons. The second-order valence-electron chi connectivity index (χ2n) is 6.21. The lowest BCUT2D eigenvalue weighted by Gasteiger charge is -2.35. The fourth-order valence-corrected chi connectivity index (χ4v) is 2.04. The maximum absolute atomic E-state index is 11.7. The van der Waals surface area contributed by atoms with Gasteiger partial charge in [-0.15, -0.1) is 0 Å². The molecule has 0 amide bonds. The molecule has 0 bridgehead atoms. The van der Waals surface area contributed by atoms with Gasteiger partial charge in [-0.05, 0) is 31.0 Å². The number of carbonyl (C=O) groups excluding carboxylic acids is 1. The Kier molecular flexibility index (Phi) is 6.85. The van der Waals surface area contributed by atoms with E-state index in [4.69, 9.17) is 4.43 Å². The Balaban J connectivity index is 4.13. The molecule has 0 aliphatic carbocycles. The Morgan fingerprint density at radius 2 is 1.89 bits per heavy atom. The van der Waals surface area contributed by atoms with E-state index < -0.39 is 8.32 Å². The van der Waals surface area contributed by atoms with E-state index >= 15 is 0 Å². The van der Waals surface area contributed by atoms with Crippen molar-refractivity contribution in [1.29, 1.82) is 0 Å². The highest BCUT2D eigenvalue weighted by Crippen LogP contribution is 2.36. The summed E-state index contributed by atoms with van der Waals surface area (Å²) in [7, 11) is -1.99. The predicted molar refractivity (Wildman–Crippen MR) is 78.0 cm³/mol. The van der Waals surface area contributed by atoms with Gasteiger partial charge in [-0.1, -0.05) is 39.8 Å². The molecule has 0 spiro atoms. The number of aliphatic hydroxyl groups is 1. The zero-order valence-electron chi connectivity index (χ0n) is 12.6. The molecule has 1 atom stereocenters. The van der Waals surface area contributed by atoms with Crippen molar-refractivity contribution in [2.24, 2.45) is 0 Å². The lowest BCUT2D eigenvalue weighted by molar-refractivity contribution is -0.134. The van der Waals surface area contributed by atoms with Crippen molar-refractivity contribution in [3.8, 4) is 0 Å². The van der Waals surface area contributed by atoms with E-state index in [1.807, 2.05) is 13.0 Å². The lowest BCUT2D eigenvalue weighted by atomic mass is 10.2. The highest BCUT2D eigenvalue weighted by atomic mass is 28.4. The summed E-state index contributed by atoms with van der Waals surface area (Å²) in [5, 5.41) is 9.40. The van der Waals surface area contributed by atoms with Gasteiger partial charge in [0.1, 0.15) is 0 Å². The van der Waals surface area contributed by atoms with E-state index in [0.29, 0.717) is 12.8 Å². The van der Waals surface area contributed by atoms with Crippen LogP contribution in [0.15, 0.2) is 12.2 Å². The van der Waals surface area contributed by atoms with Crippen LogP contribution in [0.3, 0.4) is 0 Å². The third kappa shape index (κ3) is 6.35. The maximum atomic E-state index is 11.7. The van der Waals surface area contributed by atoms with Crippen molar-refractivity contribution in [3.05, 3.63) is 12.2 Å². The van der Waals surface area contributed by atoms with Crippen LogP contribution in [0.25, 0.3) is 0 Å². The molecule has 0 saturated heterocycles. The van der Waals surface area contributed by atoms with Crippen LogP contribution >= 0.6 is 0 Å². The van der Waals surface area contributed by atoms with Crippen molar-refractivity contribution < 1.29 is 14.3 Å². The summed E-state index contributed by atoms with van der Waals surface area (Å²) >= 11 is 0. The van der Waals surface area contributed by atoms with Crippen molar-refractivity contribution in [2.75, 3.05) is 0 Å². The van der Waals surface area contributed by atoms with Crippen LogP contribution in [0.2, 0.25) is 18.1 Å². The molecule has 0 aromatic rings. The average Bonchev–Trinajstić information content (AvgIpc) is 2.21. The summed E-state index contributed by atoms with van der Waals surface area (Å²) in [5.74, 6) is -0.163. The zero-order chi connectivity index (χ0) is 14.4. The second-order valence-corrected chi connectivity index (χ2v) is 10.9. The van der Waals surface area contributed by atoms with E-state index in [1.165, 1.54) is 0 Å². The van der Waals surface area contributed by atoms with E-state index in [2.05, 4.69) is 33.9 Å². The zero-order valence-corrected chi connectivity index (χ0v) is 13.6. The number of aliphatic hydroxyl groups excluding tert-OH is 1. The van der Waals surface area contributed by atoms with Gasteiger partial charge in [0.2, 0.25) is 0 Å². The van der Waals surface area contributed by atoms with E-state index in [-0.39, 0.29) is 17.1 Å². The number of rotatable bonds is 6. The normalized spacial score (nSPS) is 14.8. The summed E-state index contributed by atoms with van der Waals surface area (Å²) in [6, 6.07) is 0. The first-order valence-corrected chi connectivity index (χ1v) is 9.56. The maximum Gasteiger partial charge on any atom is 0.296 e. The molecule has 3 nitrogen and oxygen atoms in total. The van der Waals surface area contributed by atoms with Crippen molar-refractivity contribution in [2.45, 2.75) is 71.2 Å². The minimum atomic E-state index is -1.99. The molecule has 18 heavy (non-hydrogen) atoms. The van der Waals surface area contributed by atoms with Crippen LogP contribution in [-0.2, 0) is 9.22 Å². The molecule has 4 heteroatoms. The Labute approximate surface area is 112 Å². The van der Waals surface area contributed by atoms with Crippen LogP contribution in [-0.4, -0.2) is 25.5 Å². The predicted octanol–water partition coefficient (Wildman–Crippen LogP) is 3.64. The molecule has 0 unspecified atom stereocenters. The molecule has 0 aliphatic heterocycles. The molecule has 0 aromatic carbocycles. The van der Waals surface area contributed by atoms with Gasteiger partial charge >= 0.3 is 0 Å². The number of carbonyl (C=O) groups is 1. The Bertz CT molecular complexity index is 290. The van der Waals surface area contributed by atoms with Crippen LogP contribution in [0, 0.1) is 0 Å². The third-order valence-electron chi connectivity index (χ3n) is 3.51. The first kappa shape index (κ1) is 17.4. The fourth-order valence-electron chi connectivity index (χ4n) is 1.08. The summed E-state index contributed by atoms with van der Waals surface area (Å²) in [6.45, 7) is 12.4. The summed E-state index contributed by atoms with van der Waals surface area (Å²) in [5.41, 5.74) is 0. The van der Waals surface area contributed by atoms with Crippen molar-refractivity contribution >= 4 is 14.3 Å². The molecular formula is C14H28O3Si.